The molecule has 0 aromatic heterocycles. The van der Waals surface area contributed by atoms with Crippen molar-refractivity contribution in [2.45, 2.75) is 54.4 Å². The monoisotopic (exact) mass is 410 g/mol. The van der Waals surface area contributed by atoms with Crippen LogP contribution in [0.25, 0.3) is 0 Å². The summed E-state index contributed by atoms with van der Waals surface area (Å²) in [6, 6.07) is 0. The smallest absolute Gasteiger partial charge is 0.246 e. The summed E-state index contributed by atoms with van der Waals surface area (Å²) in [5.74, 6) is 0.218. The predicted octanol–water partition coefficient (Wildman–Crippen LogP) is 3.48. The zero-order valence-corrected chi connectivity index (χ0v) is 19.4. The van der Waals surface area contributed by atoms with Crippen LogP contribution in [-0.2, 0) is 19.1 Å². The van der Waals surface area contributed by atoms with Crippen LogP contribution >= 0.6 is 0 Å². The van der Waals surface area contributed by atoms with E-state index in [4.69, 9.17) is 9.47 Å². The summed E-state index contributed by atoms with van der Waals surface area (Å²) >= 11 is 0. The van der Waals surface area contributed by atoms with Gasteiger partial charge in [0.25, 0.3) is 0 Å². The van der Waals surface area contributed by atoms with E-state index in [1.807, 2.05) is 0 Å². The van der Waals surface area contributed by atoms with E-state index in [9.17, 15) is 9.59 Å². The summed E-state index contributed by atoms with van der Waals surface area (Å²) in [5, 5.41) is 5.70. The van der Waals surface area contributed by atoms with Gasteiger partial charge in [-0.3, -0.25) is 9.59 Å². The standard InChI is InChI=1S/C23H42N2O4/c1-9-23(10-2,15-28-13-19(7)11-24-21(26)17(3)4)16-29-14-20(8)12-25-22(27)18(5)6/h19-20H,3,5,9-16H2,1-2,4,6-8H3,(H,24,26)(H,25,27). The van der Waals surface area contributed by atoms with E-state index in [0.717, 1.165) is 12.8 Å². The number of hydrogen-bond donors (Lipinski definition) is 2. The Morgan fingerprint density at radius 1 is 0.828 bits per heavy atom. The first-order chi connectivity index (χ1) is 13.6. The van der Waals surface area contributed by atoms with Gasteiger partial charge < -0.3 is 20.1 Å². The fourth-order valence-electron chi connectivity index (χ4n) is 2.61. The normalized spacial score (nSPS) is 13.4. The molecule has 0 aliphatic carbocycles. The quantitative estimate of drug-likeness (QED) is 0.382. The third-order valence-electron chi connectivity index (χ3n) is 5.12. The van der Waals surface area contributed by atoms with Crippen LogP contribution in [0.2, 0.25) is 0 Å². The molecule has 0 aliphatic heterocycles. The lowest BCUT2D eigenvalue weighted by atomic mass is 9.84. The molecule has 0 spiro atoms. The minimum atomic E-state index is -0.115. The van der Waals surface area contributed by atoms with Crippen LogP contribution in [0, 0.1) is 17.3 Å². The molecular weight excluding hydrogens is 368 g/mol. The summed E-state index contributed by atoms with van der Waals surface area (Å²) in [4.78, 5) is 23.1. The van der Waals surface area contributed by atoms with Crippen molar-refractivity contribution < 1.29 is 19.1 Å². The van der Waals surface area contributed by atoms with Crippen molar-refractivity contribution in [3.05, 3.63) is 24.3 Å². The van der Waals surface area contributed by atoms with Gasteiger partial charge in [0.15, 0.2) is 0 Å². The summed E-state index contributed by atoms with van der Waals surface area (Å²) in [7, 11) is 0. The Bertz CT molecular complexity index is 497. The van der Waals surface area contributed by atoms with Crippen molar-refractivity contribution in [3.63, 3.8) is 0 Å². The van der Waals surface area contributed by atoms with E-state index < -0.39 is 0 Å². The topological polar surface area (TPSA) is 76.7 Å². The van der Waals surface area contributed by atoms with Crippen molar-refractivity contribution in [3.8, 4) is 0 Å². The van der Waals surface area contributed by atoms with E-state index in [-0.39, 0.29) is 29.1 Å². The number of carbonyl (C=O) groups is 2. The van der Waals surface area contributed by atoms with Crippen molar-refractivity contribution in [2.75, 3.05) is 39.5 Å². The van der Waals surface area contributed by atoms with E-state index in [1.165, 1.54) is 0 Å². The molecule has 0 saturated heterocycles. The molecule has 0 bridgehead atoms. The molecule has 0 aromatic rings. The van der Waals surface area contributed by atoms with Crippen LogP contribution in [0.3, 0.4) is 0 Å². The van der Waals surface area contributed by atoms with Gasteiger partial charge in [-0.25, -0.2) is 0 Å². The second-order valence-electron chi connectivity index (χ2n) is 8.43. The van der Waals surface area contributed by atoms with Crippen molar-refractivity contribution in [1.82, 2.24) is 10.6 Å². The van der Waals surface area contributed by atoms with Gasteiger partial charge >= 0.3 is 0 Å². The third-order valence-corrected chi connectivity index (χ3v) is 5.12. The van der Waals surface area contributed by atoms with Crippen LogP contribution < -0.4 is 10.6 Å². The fraction of sp³-hybridized carbons (Fsp3) is 0.739. The first kappa shape index (κ1) is 27.3. The largest absolute Gasteiger partial charge is 0.380 e. The SMILES string of the molecule is C=C(C)C(=O)NCC(C)COCC(CC)(CC)COCC(C)CNC(=O)C(=C)C. The molecule has 2 unspecified atom stereocenters. The zero-order chi connectivity index (χ0) is 22.4. The second-order valence-corrected chi connectivity index (χ2v) is 8.43. The zero-order valence-electron chi connectivity index (χ0n) is 19.4. The van der Waals surface area contributed by atoms with E-state index in [1.54, 1.807) is 13.8 Å². The van der Waals surface area contributed by atoms with Gasteiger partial charge in [0, 0.05) is 29.7 Å². The highest BCUT2D eigenvalue weighted by atomic mass is 16.5. The average molecular weight is 411 g/mol. The lowest BCUT2D eigenvalue weighted by Crippen LogP contribution is -2.35. The molecular formula is C23H42N2O4. The highest BCUT2D eigenvalue weighted by Crippen LogP contribution is 2.27. The maximum atomic E-state index is 11.6. The summed E-state index contributed by atoms with van der Waals surface area (Å²) in [5.41, 5.74) is 1.00. The molecule has 2 atom stereocenters. The number of nitrogens with one attached hydrogen (secondary N) is 2. The Morgan fingerprint density at radius 3 is 1.45 bits per heavy atom. The molecule has 0 fully saturated rings. The predicted molar refractivity (Wildman–Crippen MR) is 119 cm³/mol. The fourth-order valence-corrected chi connectivity index (χ4v) is 2.61. The number of ether oxygens (including phenoxy) is 2. The van der Waals surface area contributed by atoms with Crippen molar-refractivity contribution in [2.24, 2.45) is 17.3 Å². The van der Waals surface area contributed by atoms with Crippen LogP contribution in [0.4, 0.5) is 0 Å². The second kappa shape index (κ2) is 14.3. The maximum Gasteiger partial charge on any atom is 0.246 e. The summed E-state index contributed by atoms with van der Waals surface area (Å²) in [6.45, 7) is 22.6. The Morgan fingerprint density at radius 2 is 1.17 bits per heavy atom. The summed E-state index contributed by atoms with van der Waals surface area (Å²) in [6.07, 6.45) is 1.93. The Balaban J connectivity index is 4.28. The molecule has 6 nitrogen and oxygen atoms in total. The minimum Gasteiger partial charge on any atom is -0.380 e. The van der Waals surface area contributed by atoms with E-state index in [0.29, 0.717) is 50.7 Å². The molecule has 0 aliphatic rings. The maximum absolute atomic E-state index is 11.6. The van der Waals surface area contributed by atoms with Gasteiger partial charge in [-0.2, -0.15) is 0 Å². The van der Waals surface area contributed by atoms with Gasteiger partial charge in [0.1, 0.15) is 0 Å². The Labute approximate surface area is 177 Å². The molecule has 0 radical (unpaired) electrons. The average Bonchev–Trinajstić information content (AvgIpc) is 2.68. The number of amides is 2. The van der Waals surface area contributed by atoms with Crippen molar-refractivity contribution >= 4 is 11.8 Å². The third kappa shape index (κ3) is 11.8. The van der Waals surface area contributed by atoms with Crippen LogP contribution in [0.1, 0.15) is 54.4 Å². The number of hydrogen-bond acceptors (Lipinski definition) is 4. The van der Waals surface area contributed by atoms with E-state index in [2.05, 4.69) is 51.5 Å². The Kier molecular flexibility index (Phi) is 13.5. The van der Waals surface area contributed by atoms with Gasteiger partial charge in [-0.05, 0) is 38.5 Å². The molecule has 0 heterocycles. The number of rotatable bonds is 16. The van der Waals surface area contributed by atoms with Crippen LogP contribution in [-0.4, -0.2) is 51.3 Å². The lowest BCUT2D eigenvalue weighted by Gasteiger charge is -2.32. The molecule has 168 valence electrons. The van der Waals surface area contributed by atoms with Gasteiger partial charge in [0.2, 0.25) is 11.8 Å². The molecule has 6 heteroatoms. The molecule has 2 amide bonds. The minimum absolute atomic E-state index is 0.0264. The highest BCUT2D eigenvalue weighted by Gasteiger charge is 2.27. The molecule has 29 heavy (non-hydrogen) atoms. The van der Waals surface area contributed by atoms with Gasteiger partial charge in [0.05, 0.1) is 26.4 Å². The highest BCUT2D eigenvalue weighted by molar-refractivity contribution is 5.92. The molecule has 0 saturated carbocycles. The van der Waals surface area contributed by atoms with E-state index >= 15 is 0 Å². The van der Waals surface area contributed by atoms with Gasteiger partial charge in [-0.1, -0.05) is 40.9 Å². The van der Waals surface area contributed by atoms with Crippen LogP contribution in [0.5, 0.6) is 0 Å². The first-order valence-corrected chi connectivity index (χ1v) is 10.6. The molecule has 0 rings (SSSR count). The first-order valence-electron chi connectivity index (χ1n) is 10.6. The van der Waals surface area contributed by atoms with Gasteiger partial charge in [-0.15, -0.1) is 0 Å². The Hall–Kier alpha value is -1.66. The lowest BCUT2D eigenvalue weighted by molar-refractivity contribution is -0.118. The molecule has 0 aromatic carbocycles. The van der Waals surface area contributed by atoms with Crippen molar-refractivity contribution in [1.29, 1.82) is 0 Å². The van der Waals surface area contributed by atoms with Crippen LogP contribution in [0.15, 0.2) is 24.3 Å². The number of carbonyl (C=O) groups excluding carboxylic acids is 2. The molecule has 2 N–H and O–H groups in total. The summed E-state index contributed by atoms with van der Waals surface area (Å²) < 4.78 is 12.0.